The zero-order chi connectivity index (χ0) is 22.2. The van der Waals surface area contributed by atoms with Crippen LogP contribution in [0.1, 0.15) is 53.7 Å². The van der Waals surface area contributed by atoms with Crippen LogP contribution < -0.4 is 10.9 Å². The Balaban J connectivity index is 1.26. The van der Waals surface area contributed by atoms with Crippen LogP contribution in [0.2, 0.25) is 0 Å². The van der Waals surface area contributed by atoms with E-state index in [-0.39, 0.29) is 23.6 Å². The average Bonchev–Trinajstić information content (AvgIpc) is 3.37. The highest BCUT2D eigenvalue weighted by Gasteiger charge is 2.26. The molecule has 5 rings (SSSR count). The van der Waals surface area contributed by atoms with E-state index in [2.05, 4.69) is 15.5 Å². The van der Waals surface area contributed by atoms with Gasteiger partial charge in [0.2, 0.25) is 0 Å². The minimum absolute atomic E-state index is 0.00114. The van der Waals surface area contributed by atoms with Crippen LogP contribution in [0.25, 0.3) is 16.8 Å². The minimum Gasteiger partial charge on any atom is -0.451 e. The molecule has 0 saturated heterocycles. The molecule has 1 N–H and O–H groups in total. The Morgan fingerprint density at radius 3 is 2.53 bits per heavy atom. The summed E-state index contributed by atoms with van der Waals surface area (Å²) in [5.74, 6) is 0.755. The van der Waals surface area contributed by atoms with E-state index in [4.69, 9.17) is 4.42 Å². The van der Waals surface area contributed by atoms with Gasteiger partial charge in [0, 0.05) is 23.2 Å². The van der Waals surface area contributed by atoms with Crippen LogP contribution >= 0.6 is 0 Å². The number of nitrogens with zero attached hydrogens (tertiary/aromatic N) is 4. The topological polar surface area (TPSA) is 95.0 Å². The van der Waals surface area contributed by atoms with Crippen molar-refractivity contribution in [3.05, 3.63) is 76.0 Å². The number of hydrogen-bond donors (Lipinski definition) is 1. The van der Waals surface area contributed by atoms with Crippen molar-refractivity contribution in [2.24, 2.45) is 0 Å². The van der Waals surface area contributed by atoms with Gasteiger partial charge in [-0.3, -0.25) is 9.59 Å². The highest BCUT2D eigenvalue weighted by Crippen LogP contribution is 2.28. The molecule has 0 atom stereocenters. The number of carbonyl (C=O) groups is 1. The van der Waals surface area contributed by atoms with E-state index in [9.17, 15) is 9.59 Å². The number of carbonyl (C=O) groups excluding carboxylic acids is 1. The molecule has 0 unspecified atom stereocenters. The number of hydrogen-bond acceptors (Lipinski definition) is 5. The van der Waals surface area contributed by atoms with Gasteiger partial charge in [-0.25, -0.2) is 9.36 Å². The maximum absolute atomic E-state index is 12.6. The van der Waals surface area contributed by atoms with Crippen molar-refractivity contribution in [3.63, 3.8) is 0 Å². The van der Waals surface area contributed by atoms with Gasteiger partial charge in [0.15, 0.2) is 11.6 Å². The van der Waals surface area contributed by atoms with Crippen molar-refractivity contribution >= 4 is 16.9 Å². The number of nitrogens with one attached hydrogen (secondary N) is 1. The second-order valence-corrected chi connectivity index (χ2v) is 8.44. The van der Waals surface area contributed by atoms with Gasteiger partial charge in [-0.15, -0.1) is 5.10 Å². The molecule has 0 spiro atoms. The molecule has 0 radical (unpaired) electrons. The maximum Gasteiger partial charge on any atom is 0.287 e. The summed E-state index contributed by atoms with van der Waals surface area (Å²) in [5, 5.41) is 13.1. The van der Waals surface area contributed by atoms with Crippen molar-refractivity contribution in [2.45, 2.75) is 51.6 Å². The Morgan fingerprint density at radius 2 is 1.81 bits per heavy atom. The highest BCUT2D eigenvalue weighted by molar-refractivity contribution is 5.96. The summed E-state index contributed by atoms with van der Waals surface area (Å²) < 4.78 is 9.00. The van der Waals surface area contributed by atoms with Crippen molar-refractivity contribution < 1.29 is 9.21 Å². The van der Waals surface area contributed by atoms with Gasteiger partial charge in [-0.1, -0.05) is 18.2 Å². The monoisotopic (exact) mass is 431 g/mol. The van der Waals surface area contributed by atoms with E-state index in [1.54, 1.807) is 27.6 Å². The third kappa shape index (κ3) is 3.84. The van der Waals surface area contributed by atoms with Gasteiger partial charge in [-0.2, -0.15) is 5.10 Å². The van der Waals surface area contributed by atoms with E-state index in [1.807, 2.05) is 44.2 Å². The smallest absolute Gasteiger partial charge is 0.287 e. The number of aromatic nitrogens is 4. The first-order valence-electron chi connectivity index (χ1n) is 10.9. The minimum atomic E-state index is -0.202. The first-order chi connectivity index (χ1) is 15.5. The molecule has 1 aliphatic carbocycles. The molecule has 32 heavy (non-hydrogen) atoms. The summed E-state index contributed by atoms with van der Waals surface area (Å²) in [4.78, 5) is 25.2. The van der Waals surface area contributed by atoms with Crippen molar-refractivity contribution in [3.8, 4) is 5.82 Å². The zero-order valence-corrected chi connectivity index (χ0v) is 18.1. The molecule has 1 fully saturated rings. The summed E-state index contributed by atoms with van der Waals surface area (Å²) in [6, 6.07) is 14.6. The summed E-state index contributed by atoms with van der Waals surface area (Å²) in [6.45, 7) is 3.90. The molecule has 164 valence electrons. The first kappa shape index (κ1) is 20.2. The van der Waals surface area contributed by atoms with Crippen LogP contribution in [0, 0.1) is 13.8 Å². The summed E-state index contributed by atoms with van der Waals surface area (Å²) in [5.41, 5.74) is 2.46. The summed E-state index contributed by atoms with van der Waals surface area (Å²) in [7, 11) is 0. The van der Waals surface area contributed by atoms with Crippen LogP contribution in [-0.4, -0.2) is 31.5 Å². The van der Waals surface area contributed by atoms with E-state index in [1.165, 1.54) is 0 Å². The van der Waals surface area contributed by atoms with Crippen molar-refractivity contribution in [1.29, 1.82) is 0 Å². The van der Waals surface area contributed by atoms with Crippen LogP contribution in [-0.2, 0) is 0 Å². The Morgan fingerprint density at radius 1 is 1.03 bits per heavy atom. The third-order valence-electron chi connectivity index (χ3n) is 6.06. The van der Waals surface area contributed by atoms with Gasteiger partial charge in [-0.05, 0) is 63.8 Å². The van der Waals surface area contributed by atoms with Crippen molar-refractivity contribution in [2.75, 3.05) is 0 Å². The van der Waals surface area contributed by atoms with Gasteiger partial charge >= 0.3 is 0 Å². The second kappa shape index (κ2) is 8.11. The van der Waals surface area contributed by atoms with Crippen LogP contribution in [0.4, 0.5) is 0 Å². The largest absolute Gasteiger partial charge is 0.451 e. The number of rotatable bonds is 4. The fourth-order valence-electron chi connectivity index (χ4n) is 4.47. The van der Waals surface area contributed by atoms with E-state index in [0.717, 1.165) is 42.5 Å². The number of benzene rings is 1. The van der Waals surface area contributed by atoms with Gasteiger partial charge in [0.1, 0.15) is 5.58 Å². The molecule has 0 bridgehead atoms. The number of fused-ring (bicyclic) bond motifs is 1. The standard InChI is InChI=1S/C24H25N5O3/c1-15-13-16(2)28(26-15)22-11-12-23(30)29(27-22)19-9-7-18(8-10-19)25-24(31)21-14-17-5-3-4-6-20(17)32-21/h3-6,11-14,18-19H,7-10H2,1-2H3,(H,25,31). The lowest BCUT2D eigenvalue weighted by atomic mass is 9.91. The zero-order valence-electron chi connectivity index (χ0n) is 18.1. The Bertz CT molecular complexity index is 1310. The fourth-order valence-corrected chi connectivity index (χ4v) is 4.47. The van der Waals surface area contributed by atoms with E-state index < -0.39 is 0 Å². The van der Waals surface area contributed by atoms with Crippen molar-refractivity contribution in [1.82, 2.24) is 24.9 Å². The molecule has 1 aromatic carbocycles. The average molecular weight is 431 g/mol. The Kier molecular flexibility index (Phi) is 5.13. The molecule has 3 aromatic heterocycles. The SMILES string of the molecule is Cc1cc(C)n(-c2ccc(=O)n(C3CCC(NC(=O)c4cc5ccccc5o4)CC3)n2)n1. The predicted molar refractivity (Wildman–Crippen MR) is 120 cm³/mol. The molecule has 0 aliphatic heterocycles. The molecular weight excluding hydrogens is 406 g/mol. The molecule has 4 aromatic rings. The molecule has 8 heteroatoms. The molecule has 1 saturated carbocycles. The first-order valence-corrected chi connectivity index (χ1v) is 10.9. The van der Waals surface area contributed by atoms with E-state index >= 15 is 0 Å². The maximum atomic E-state index is 12.6. The molecule has 3 heterocycles. The number of amides is 1. The number of para-hydroxylation sites is 1. The molecule has 8 nitrogen and oxygen atoms in total. The van der Waals surface area contributed by atoms with Gasteiger partial charge < -0.3 is 9.73 Å². The highest BCUT2D eigenvalue weighted by atomic mass is 16.3. The summed E-state index contributed by atoms with van der Waals surface area (Å²) in [6.07, 6.45) is 3.07. The quantitative estimate of drug-likeness (QED) is 0.532. The number of furan rings is 1. The van der Waals surface area contributed by atoms with Gasteiger partial charge in [0.05, 0.1) is 11.7 Å². The molecule has 1 amide bonds. The van der Waals surface area contributed by atoms with Crippen LogP contribution in [0.15, 0.2) is 57.7 Å². The fraction of sp³-hybridized carbons (Fsp3) is 0.333. The van der Waals surface area contributed by atoms with Gasteiger partial charge in [0.25, 0.3) is 11.5 Å². The Labute approximate surface area is 184 Å². The lowest BCUT2D eigenvalue weighted by Gasteiger charge is -2.29. The lowest BCUT2D eigenvalue weighted by Crippen LogP contribution is -2.39. The normalized spacial score (nSPS) is 18.7. The van der Waals surface area contributed by atoms with Crippen LogP contribution in [0.3, 0.4) is 0 Å². The third-order valence-corrected chi connectivity index (χ3v) is 6.06. The second-order valence-electron chi connectivity index (χ2n) is 8.44. The predicted octanol–water partition coefficient (Wildman–Crippen LogP) is 3.71. The summed E-state index contributed by atoms with van der Waals surface area (Å²) >= 11 is 0. The molecular formula is C24H25N5O3. The lowest BCUT2D eigenvalue weighted by molar-refractivity contribution is 0.0895. The molecule has 1 aliphatic rings. The van der Waals surface area contributed by atoms with Crippen LogP contribution in [0.5, 0.6) is 0 Å². The Hall–Kier alpha value is -3.68. The number of aryl methyl sites for hydroxylation is 2. The van der Waals surface area contributed by atoms with E-state index in [0.29, 0.717) is 17.2 Å².